The van der Waals surface area contributed by atoms with Crippen LogP contribution < -0.4 is 0 Å². The Morgan fingerprint density at radius 1 is 0.765 bits per heavy atom. The summed E-state index contributed by atoms with van der Waals surface area (Å²) in [5, 5.41) is 14.4. The molecule has 0 aliphatic carbocycles. The van der Waals surface area contributed by atoms with Gasteiger partial charge in [0.15, 0.2) is 0 Å². The Morgan fingerprint density at radius 3 is 2.35 bits per heavy atom. The molecule has 3 aromatic carbocycles. The van der Waals surface area contributed by atoms with Crippen molar-refractivity contribution in [1.82, 2.24) is 0 Å². The van der Waals surface area contributed by atoms with Crippen molar-refractivity contribution in [2.24, 2.45) is 0 Å². The van der Waals surface area contributed by atoms with Crippen molar-refractivity contribution in [3.8, 4) is 0 Å². The Hall–Kier alpha value is -1.86. The van der Waals surface area contributed by atoms with Gasteiger partial charge in [-0.1, -0.05) is 54.6 Å². The summed E-state index contributed by atoms with van der Waals surface area (Å²) in [4.78, 5) is 0. The van der Waals surface area contributed by atoms with E-state index < -0.39 is 6.10 Å². The molecular formula is C16H13O. The van der Waals surface area contributed by atoms with E-state index in [4.69, 9.17) is 0 Å². The van der Waals surface area contributed by atoms with Gasteiger partial charge in [0.25, 0.3) is 0 Å². The molecule has 1 nitrogen and oxygen atoms in total. The first kappa shape index (κ1) is 10.3. The molecule has 0 spiro atoms. The van der Waals surface area contributed by atoms with Gasteiger partial charge in [-0.05, 0) is 34.0 Å². The van der Waals surface area contributed by atoms with Crippen LogP contribution in [0.25, 0.3) is 21.5 Å². The molecule has 1 radical (unpaired) electrons. The van der Waals surface area contributed by atoms with Crippen LogP contribution in [0.5, 0.6) is 0 Å². The fourth-order valence-corrected chi connectivity index (χ4v) is 2.36. The van der Waals surface area contributed by atoms with Gasteiger partial charge in [-0.2, -0.15) is 0 Å². The molecule has 1 heteroatoms. The van der Waals surface area contributed by atoms with Gasteiger partial charge in [-0.3, -0.25) is 0 Å². The first-order valence-electron chi connectivity index (χ1n) is 5.69. The fourth-order valence-electron chi connectivity index (χ4n) is 2.36. The second kappa shape index (κ2) is 3.86. The van der Waals surface area contributed by atoms with E-state index in [1.807, 2.05) is 24.3 Å². The van der Waals surface area contributed by atoms with E-state index in [0.29, 0.717) is 0 Å². The van der Waals surface area contributed by atoms with Crippen LogP contribution in [0.4, 0.5) is 0 Å². The predicted molar refractivity (Wildman–Crippen MR) is 71.8 cm³/mol. The number of aliphatic hydroxyl groups is 1. The Balaban J connectivity index is 2.48. The van der Waals surface area contributed by atoms with Gasteiger partial charge in [-0.15, -0.1) is 0 Å². The molecule has 83 valence electrons. The monoisotopic (exact) mass is 221 g/mol. The average molecular weight is 221 g/mol. The van der Waals surface area contributed by atoms with Gasteiger partial charge in [-0.25, -0.2) is 0 Å². The largest absolute Gasteiger partial charge is 0.388 e. The summed E-state index contributed by atoms with van der Waals surface area (Å²) in [6.45, 7) is 3.69. The summed E-state index contributed by atoms with van der Waals surface area (Å²) in [5.41, 5.74) is 0.883. The second-order valence-corrected chi connectivity index (χ2v) is 4.24. The zero-order chi connectivity index (χ0) is 11.8. The molecule has 1 atom stereocenters. The fraction of sp³-hybridized carbons (Fsp3) is 0.0625. The molecule has 0 saturated carbocycles. The van der Waals surface area contributed by atoms with Gasteiger partial charge >= 0.3 is 0 Å². The van der Waals surface area contributed by atoms with Crippen molar-refractivity contribution in [3.63, 3.8) is 0 Å². The van der Waals surface area contributed by atoms with Crippen LogP contribution in [0.2, 0.25) is 0 Å². The van der Waals surface area contributed by atoms with E-state index >= 15 is 0 Å². The van der Waals surface area contributed by atoms with Gasteiger partial charge < -0.3 is 5.11 Å². The maximum absolute atomic E-state index is 9.68. The summed E-state index contributed by atoms with van der Waals surface area (Å²) in [6.07, 6.45) is -0.681. The Morgan fingerprint density at radius 2 is 1.53 bits per heavy atom. The van der Waals surface area contributed by atoms with E-state index in [9.17, 15) is 5.11 Å². The molecule has 3 rings (SSSR count). The van der Waals surface area contributed by atoms with Crippen LogP contribution in [0.1, 0.15) is 11.7 Å². The topological polar surface area (TPSA) is 20.2 Å². The van der Waals surface area contributed by atoms with Crippen molar-refractivity contribution in [3.05, 3.63) is 67.1 Å². The maximum atomic E-state index is 9.68. The molecule has 1 unspecified atom stereocenters. The van der Waals surface area contributed by atoms with Crippen LogP contribution in [-0.2, 0) is 0 Å². The smallest absolute Gasteiger partial charge is 0.0797 e. The maximum Gasteiger partial charge on any atom is 0.0797 e. The Kier molecular flexibility index (Phi) is 2.34. The zero-order valence-corrected chi connectivity index (χ0v) is 9.43. The minimum atomic E-state index is -0.681. The highest BCUT2D eigenvalue weighted by molar-refractivity contribution is 6.08. The van der Waals surface area contributed by atoms with E-state index in [0.717, 1.165) is 10.9 Å². The third-order valence-corrected chi connectivity index (χ3v) is 3.18. The van der Waals surface area contributed by atoms with Crippen LogP contribution in [0.3, 0.4) is 0 Å². The highest BCUT2D eigenvalue weighted by Crippen LogP contribution is 2.29. The molecule has 0 heterocycles. The minimum Gasteiger partial charge on any atom is -0.388 e. The van der Waals surface area contributed by atoms with E-state index in [1.54, 1.807) is 0 Å². The highest BCUT2D eigenvalue weighted by Gasteiger charge is 2.07. The second-order valence-electron chi connectivity index (χ2n) is 4.24. The van der Waals surface area contributed by atoms with Crippen molar-refractivity contribution in [2.75, 3.05) is 0 Å². The normalized spacial score (nSPS) is 13.1. The lowest BCUT2D eigenvalue weighted by atomic mass is 9.96. The predicted octanol–water partition coefficient (Wildman–Crippen LogP) is 3.86. The lowest BCUT2D eigenvalue weighted by Gasteiger charge is -2.10. The van der Waals surface area contributed by atoms with E-state index in [2.05, 4.69) is 37.3 Å². The standard InChI is InChI=1S/C16H13O/c1-11(17)13-7-4-8-15-14-6-3-2-5-12(14)9-10-16(13)15/h2-11,17H,1H2. The van der Waals surface area contributed by atoms with E-state index in [1.165, 1.54) is 16.2 Å². The van der Waals surface area contributed by atoms with Crippen LogP contribution >= 0.6 is 0 Å². The number of hydrogen-bond donors (Lipinski definition) is 1. The van der Waals surface area contributed by atoms with Gasteiger partial charge in [0, 0.05) is 0 Å². The number of fused-ring (bicyclic) bond motifs is 3. The average Bonchev–Trinajstić information content (AvgIpc) is 2.37. The molecule has 0 amide bonds. The van der Waals surface area contributed by atoms with Crippen molar-refractivity contribution in [1.29, 1.82) is 0 Å². The first-order chi connectivity index (χ1) is 8.27. The van der Waals surface area contributed by atoms with Crippen LogP contribution in [-0.4, -0.2) is 5.11 Å². The van der Waals surface area contributed by atoms with Gasteiger partial charge in [0.05, 0.1) is 6.10 Å². The number of benzene rings is 3. The summed E-state index contributed by atoms with van der Waals surface area (Å²) >= 11 is 0. The van der Waals surface area contributed by atoms with Gasteiger partial charge in [0.1, 0.15) is 0 Å². The molecule has 0 saturated heterocycles. The molecule has 0 fully saturated rings. The highest BCUT2D eigenvalue weighted by atomic mass is 16.3. The van der Waals surface area contributed by atoms with Crippen molar-refractivity contribution < 1.29 is 5.11 Å². The lowest BCUT2D eigenvalue weighted by molar-refractivity contribution is 0.227. The molecule has 0 bridgehead atoms. The van der Waals surface area contributed by atoms with Crippen LogP contribution in [0.15, 0.2) is 54.6 Å². The van der Waals surface area contributed by atoms with Crippen molar-refractivity contribution in [2.45, 2.75) is 6.10 Å². The number of rotatable bonds is 1. The van der Waals surface area contributed by atoms with E-state index in [-0.39, 0.29) is 0 Å². The molecule has 0 aliphatic rings. The minimum absolute atomic E-state index is 0.681. The Bertz CT molecular complexity index is 683. The summed E-state index contributed by atoms with van der Waals surface area (Å²) in [5.74, 6) is 0. The summed E-state index contributed by atoms with van der Waals surface area (Å²) in [7, 11) is 0. The SMILES string of the molecule is [CH2]C(O)c1cccc2c1ccc1ccccc12. The first-order valence-corrected chi connectivity index (χ1v) is 5.69. The molecule has 17 heavy (non-hydrogen) atoms. The number of aliphatic hydroxyl groups excluding tert-OH is 1. The summed E-state index contributed by atoms with van der Waals surface area (Å²) < 4.78 is 0. The van der Waals surface area contributed by atoms with Crippen LogP contribution in [0, 0.1) is 6.92 Å². The third-order valence-electron chi connectivity index (χ3n) is 3.18. The molecule has 0 aliphatic heterocycles. The molecule has 3 aromatic rings. The Labute approximate surface area is 100 Å². The number of hydrogen-bond acceptors (Lipinski definition) is 1. The summed E-state index contributed by atoms with van der Waals surface area (Å²) in [6, 6.07) is 18.4. The lowest BCUT2D eigenvalue weighted by Crippen LogP contribution is -1.92. The zero-order valence-electron chi connectivity index (χ0n) is 9.43. The molecular weight excluding hydrogens is 208 g/mol. The van der Waals surface area contributed by atoms with Crippen molar-refractivity contribution >= 4 is 21.5 Å². The molecule has 0 aromatic heterocycles. The van der Waals surface area contributed by atoms with Gasteiger partial charge in [0.2, 0.25) is 0 Å². The third kappa shape index (κ3) is 1.60. The molecule has 1 N–H and O–H groups in total. The quantitative estimate of drug-likeness (QED) is 0.619.